The smallest absolute Gasteiger partial charge is 0.240 e. The average molecular weight is 316 g/mol. The van der Waals surface area contributed by atoms with E-state index in [4.69, 9.17) is 10.5 Å². The normalized spacial score (nSPS) is 17.5. The SMILES string of the molecule is COC1(CNS(=O)(=O)c2cc(C)c(F)c(CN)c2)CCC1. The summed E-state index contributed by atoms with van der Waals surface area (Å²) in [6, 6.07) is 2.60. The van der Waals surface area contributed by atoms with E-state index in [0.29, 0.717) is 0 Å². The highest BCUT2D eigenvalue weighted by molar-refractivity contribution is 7.89. The third-order valence-corrected chi connectivity index (χ3v) is 5.50. The highest BCUT2D eigenvalue weighted by atomic mass is 32.2. The predicted octanol–water partition coefficient (Wildman–Crippen LogP) is 1.44. The molecule has 0 saturated heterocycles. The van der Waals surface area contributed by atoms with E-state index in [-0.39, 0.29) is 29.1 Å². The molecule has 3 N–H and O–H groups in total. The first-order valence-corrected chi connectivity index (χ1v) is 8.36. The third-order valence-electron chi connectivity index (χ3n) is 4.12. The van der Waals surface area contributed by atoms with Gasteiger partial charge in [0, 0.05) is 25.8 Å². The number of nitrogens with one attached hydrogen (secondary N) is 1. The van der Waals surface area contributed by atoms with Crippen LogP contribution in [0.15, 0.2) is 17.0 Å². The van der Waals surface area contributed by atoms with Crippen LogP contribution in [0.2, 0.25) is 0 Å². The Labute approximate surface area is 124 Å². The van der Waals surface area contributed by atoms with E-state index in [1.165, 1.54) is 19.1 Å². The molecule has 0 amide bonds. The molecule has 118 valence electrons. The van der Waals surface area contributed by atoms with E-state index in [1.807, 2.05) is 0 Å². The minimum atomic E-state index is -3.70. The number of hydrogen-bond donors (Lipinski definition) is 2. The van der Waals surface area contributed by atoms with Crippen LogP contribution < -0.4 is 10.5 Å². The van der Waals surface area contributed by atoms with Crippen molar-refractivity contribution in [1.29, 1.82) is 0 Å². The molecule has 0 heterocycles. The van der Waals surface area contributed by atoms with Crippen molar-refractivity contribution >= 4 is 10.0 Å². The summed E-state index contributed by atoms with van der Waals surface area (Å²) >= 11 is 0. The summed E-state index contributed by atoms with van der Waals surface area (Å²) < 4.78 is 46.4. The van der Waals surface area contributed by atoms with Crippen LogP contribution in [0.1, 0.15) is 30.4 Å². The minimum absolute atomic E-state index is 0.0347. The number of rotatable bonds is 6. The Morgan fingerprint density at radius 1 is 1.43 bits per heavy atom. The Balaban J connectivity index is 2.21. The average Bonchev–Trinajstić information content (AvgIpc) is 2.40. The van der Waals surface area contributed by atoms with E-state index < -0.39 is 21.4 Å². The van der Waals surface area contributed by atoms with Gasteiger partial charge in [-0.05, 0) is 43.9 Å². The summed E-state index contributed by atoms with van der Waals surface area (Å²) in [4.78, 5) is 0.0347. The van der Waals surface area contributed by atoms with Crippen molar-refractivity contribution in [2.75, 3.05) is 13.7 Å². The summed E-state index contributed by atoms with van der Waals surface area (Å²) in [6.07, 6.45) is 2.70. The van der Waals surface area contributed by atoms with Crippen molar-refractivity contribution in [2.45, 2.75) is 43.2 Å². The first kappa shape index (κ1) is 16.4. The van der Waals surface area contributed by atoms with Gasteiger partial charge in [0.05, 0.1) is 10.5 Å². The van der Waals surface area contributed by atoms with Gasteiger partial charge in [-0.25, -0.2) is 17.5 Å². The summed E-state index contributed by atoms with van der Waals surface area (Å²) in [6.45, 7) is 1.70. The molecule has 0 radical (unpaired) electrons. The second-order valence-electron chi connectivity index (χ2n) is 5.48. The molecular formula is C14H21FN2O3S. The molecule has 0 spiro atoms. The van der Waals surface area contributed by atoms with Crippen LogP contribution in [0, 0.1) is 12.7 Å². The van der Waals surface area contributed by atoms with Gasteiger partial charge in [-0.2, -0.15) is 0 Å². The lowest BCUT2D eigenvalue weighted by Crippen LogP contribution is -2.49. The zero-order chi connectivity index (χ0) is 15.7. The maximum absolute atomic E-state index is 13.7. The van der Waals surface area contributed by atoms with E-state index in [1.54, 1.807) is 7.11 Å². The van der Waals surface area contributed by atoms with Crippen molar-refractivity contribution in [3.63, 3.8) is 0 Å². The van der Waals surface area contributed by atoms with Crippen LogP contribution >= 0.6 is 0 Å². The van der Waals surface area contributed by atoms with Gasteiger partial charge in [-0.1, -0.05) is 0 Å². The number of benzene rings is 1. The summed E-state index contributed by atoms with van der Waals surface area (Å²) in [5.74, 6) is -0.455. The molecule has 1 aromatic carbocycles. The highest BCUT2D eigenvalue weighted by Crippen LogP contribution is 2.34. The van der Waals surface area contributed by atoms with Crippen LogP contribution in [0.25, 0.3) is 0 Å². The first-order chi connectivity index (χ1) is 9.83. The number of aryl methyl sites for hydroxylation is 1. The molecule has 21 heavy (non-hydrogen) atoms. The van der Waals surface area contributed by atoms with Crippen LogP contribution in [-0.4, -0.2) is 27.7 Å². The fourth-order valence-corrected chi connectivity index (χ4v) is 3.69. The zero-order valence-electron chi connectivity index (χ0n) is 12.3. The number of ether oxygens (including phenoxy) is 1. The summed E-state index contributed by atoms with van der Waals surface area (Å²) in [5, 5.41) is 0. The molecule has 0 atom stereocenters. The van der Waals surface area contributed by atoms with E-state index in [2.05, 4.69) is 4.72 Å². The molecule has 2 rings (SSSR count). The molecule has 1 aromatic rings. The van der Waals surface area contributed by atoms with Gasteiger partial charge in [0.2, 0.25) is 10.0 Å². The molecule has 0 unspecified atom stereocenters. The molecule has 0 aromatic heterocycles. The molecule has 1 aliphatic rings. The molecule has 1 saturated carbocycles. The molecule has 0 aliphatic heterocycles. The van der Waals surface area contributed by atoms with Crippen LogP contribution in [0.4, 0.5) is 4.39 Å². The van der Waals surface area contributed by atoms with Gasteiger partial charge >= 0.3 is 0 Å². The maximum Gasteiger partial charge on any atom is 0.240 e. The van der Waals surface area contributed by atoms with Crippen molar-refractivity contribution < 1.29 is 17.5 Å². The molecule has 1 fully saturated rings. The number of methoxy groups -OCH3 is 1. The Bertz CT molecular complexity index is 622. The van der Waals surface area contributed by atoms with E-state index >= 15 is 0 Å². The van der Waals surface area contributed by atoms with Gasteiger partial charge in [0.25, 0.3) is 0 Å². The first-order valence-electron chi connectivity index (χ1n) is 6.87. The fraction of sp³-hybridized carbons (Fsp3) is 0.571. The van der Waals surface area contributed by atoms with Gasteiger partial charge in [-0.3, -0.25) is 0 Å². The highest BCUT2D eigenvalue weighted by Gasteiger charge is 2.38. The topological polar surface area (TPSA) is 81.4 Å². The largest absolute Gasteiger partial charge is 0.377 e. The Morgan fingerprint density at radius 3 is 2.57 bits per heavy atom. The van der Waals surface area contributed by atoms with Crippen molar-refractivity contribution in [3.05, 3.63) is 29.1 Å². The molecule has 7 heteroatoms. The second kappa shape index (κ2) is 6.00. The zero-order valence-corrected chi connectivity index (χ0v) is 13.1. The summed E-state index contributed by atoms with van der Waals surface area (Å²) in [7, 11) is -2.12. The predicted molar refractivity (Wildman–Crippen MR) is 77.8 cm³/mol. The monoisotopic (exact) mass is 316 g/mol. The Morgan fingerprint density at radius 2 is 2.10 bits per heavy atom. The van der Waals surface area contributed by atoms with E-state index in [9.17, 15) is 12.8 Å². The van der Waals surface area contributed by atoms with Crippen molar-refractivity contribution in [2.24, 2.45) is 5.73 Å². The number of sulfonamides is 1. The van der Waals surface area contributed by atoms with Crippen LogP contribution in [0.5, 0.6) is 0 Å². The third kappa shape index (κ3) is 3.26. The Kier molecular flexibility index (Phi) is 4.67. The van der Waals surface area contributed by atoms with Gasteiger partial charge in [-0.15, -0.1) is 0 Å². The second-order valence-corrected chi connectivity index (χ2v) is 7.25. The minimum Gasteiger partial charge on any atom is -0.377 e. The number of nitrogens with two attached hydrogens (primary N) is 1. The summed E-state index contributed by atoms with van der Waals surface area (Å²) in [5.41, 5.74) is 5.51. The van der Waals surface area contributed by atoms with Gasteiger partial charge in [0.15, 0.2) is 0 Å². The van der Waals surface area contributed by atoms with Crippen LogP contribution in [0.3, 0.4) is 0 Å². The molecule has 5 nitrogen and oxygen atoms in total. The Hall–Kier alpha value is -1.02. The number of hydrogen-bond acceptors (Lipinski definition) is 4. The standard InChI is InChI=1S/C14H21FN2O3S/c1-10-6-12(7-11(8-16)13(10)15)21(18,19)17-9-14(20-2)4-3-5-14/h6-7,17H,3-5,8-9,16H2,1-2H3. The maximum atomic E-state index is 13.7. The lowest BCUT2D eigenvalue weighted by Gasteiger charge is -2.40. The fourth-order valence-electron chi connectivity index (χ4n) is 2.44. The van der Waals surface area contributed by atoms with Gasteiger partial charge in [0.1, 0.15) is 5.82 Å². The lowest BCUT2D eigenvalue weighted by molar-refractivity contribution is -0.0659. The molecule has 0 bridgehead atoms. The van der Waals surface area contributed by atoms with Crippen molar-refractivity contribution in [1.82, 2.24) is 4.72 Å². The lowest BCUT2D eigenvalue weighted by atomic mass is 9.80. The van der Waals surface area contributed by atoms with E-state index in [0.717, 1.165) is 19.3 Å². The molecule has 1 aliphatic carbocycles. The van der Waals surface area contributed by atoms with Gasteiger partial charge < -0.3 is 10.5 Å². The van der Waals surface area contributed by atoms with Crippen molar-refractivity contribution in [3.8, 4) is 0 Å². The van der Waals surface area contributed by atoms with Crippen LogP contribution in [-0.2, 0) is 21.3 Å². The quantitative estimate of drug-likeness (QED) is 0.832. The number of halogens is 1. The molecular weight excluding hydrogens is 295 g/mol.